The zero-order valence-electron chi connectivity index (χ0n) is 14.9. The number of benzene rings is 1. The number of ether oxygens (including phenoxy) is 3. The number of esters is 1. The van der Waals surface area contributed by atoms with Gasteiger partial charge >= 0.3 is 12.1 Å². The van der Waals surface area contributed by atoms with Crippen molar-refractivity contribution in [3.63, 3.8) is 0 Å². The van der Waals surface area contributed by atoms with Crippen LogP contribution in [-0.4, -0.2) is 53.5 Å². The summed E-state index contributed by atoms with van der Waals surface area (Å²) in [6.45, 7) is 5.04. The Labute approximate surface area is 149 Å². The number of phenols is 1. The summed E-state index contributed by atoms with van der Waals surface area (Å²) in [6.07, 6.45) is -1.34. The molecule has 0 aromatic heterocycles. The summed E-state index contributed by atoms with van der Waals surface area (Å²) in [5, 5.41) is 9.35. The molecule has 7 nitrogen and oxygen atoms in total. The Morgan fingerprint density at radius 3 is 2.46 bits per heavy atom. The Morgan fingerprint density at radius 1 is 1.27 bits per heavy atom. The first-order valence-corrected chi connectivity index (χ1v) is 7.94. The van der Waals surface area contributed by atoms with Crippen molar-refractivity contribution >= 4 is 12.1 Å². The molecule has 0 aliphatic carbocycles. The van der Waals surface area contributed by atoms with Gasteiger partial charge in [-0.3, -0.25) is 4.90 Å². The maximum Gasteiger partial charge on any atom is 0.411 e. The summed E-state index contributed by atoms with van der Waals surface area (Å²) in [6, 6.07) is 0.763. The van der Waals surface area contributed by atoms with E-state index in [1.165, 1.54) is 12.0 Å². The highest BCUT2D eigenvalue weighted by atomic mass is 19.2. The predicted molar refractivity (Wildman–Crippen MR) is 85.8 cm³/mol. The number of amides is 1. The summed E-state index contributed by atoms with van der Waals surface area (Å²) in [5.41, 5.74) is -0.761. The molecule has 0 saturated carbocycles. The van der Waals surface area contributed by atoms with Crippen LogP contribution in [0.15, 0.2) is 12.1 Å². The number of likely N-dealkylation sites (tertiary alicyclic amines) is 1. The smallest absolute Gasteiger partial charge is 0.411 e. The zero-order valence-corrected chi connectivity index (χ0v) is 14.9. The van der Waals surface area contributed by atoms with Crippen LogP contribution in [0.4, 0.5) is 13.6 Å². The van der Waals surface area contributed by atoms with Crippen molar-refractivity contribution in [3.8, 4) is 11.5 Å². The average Bonchev–Trinajstić information content (AvgIpc) is 2.94. The second-order valence-electron chi connectivity index (χ2n) is 6.89. The van der Waals surface area contributed by atoms with Gasteiger partial charge in [-0.15, -0.1) is 0 Å². The van der Waals surface area contributed by atoms with Crippen molar-refractivity contribution in [2.75, 3.05) is 13.7 Å². The van der Waals surface area contributed by atoms with E-state index >= 15 is 0 Å². The molecular formula is C17H21F2NO6. The maximum atomic E-state index is 13.4. The third kappa shape index (κ3) is 4.53. The van der Waals surface area contributed by atoms with Crippen LogP contribution in [0, 0.1) is 11.6 Å². The van der Waals surface area contributed by atoms with Crippen LogP contribution in [0.5, 0.6) is 11.5 Å². The third-order valence-corrected chi connectivity index (χ3v) is 3.65. The van der Waals surface area contributed by atoms with Gasteiger partial charge in [-0.2, -0.15) is 4.39 Å². The number of hydrogen-bond acceptors (Lipinski definition) is 6. The number of carbonyl (C=O) groups excluding carboxylic acids is 2. The van der Waals surface area contributed by atoms with Crippen molar-refractivity contribution in [3.05, 3.63) is 23.8 Å². The van der Waals surface area contributed by atoms with Crippen LogP contribution in [0.1, 0.15) is 27.2 Å². The topological polar surface area (TPSA) is 85.3 Å². The van der Waals surface area contributed by atoms with Crippen molar-refractivity contribution in [1.29, 1.82) is 0 Å². The van der Waals surface area contributed by atoms with E-state index in [1.807, 2.05) is 0 Å². The molecule has 1 saturated heterocycles. The minimum Gasteiger partial charge on any atom is -0.505 e. The summed E-state index contributed by atoms with van der Waals surface area (Å²) in [4.78, 5) is 25.5. The van der Waals surface area contributed by atoms with Gasteiger partial charge in [-0.25, -0.2) is 14.0 Å². The molecule has 9 heteroatoms. The fourth-order valence-corrected chi connectivity index (χ4v) is 2.58. The summed E-state index contributed by atoms with van der Waals surface area (Å²) in [5.74, 6) is -4.32. The highest BCUT2D eigenvalue weighted by Crippen LogP contribution is 2.29. The van der Waals surface area contributed by atoms with E-state index in [-0.39, 0.29) is 18.7 Å². The van der Waals surface area contributed by atoms with Gasteiger partial charge in [0.1, 0.15) is 23.5 Å². The van der Waals surface area contributed by atoms with Gasteiger partial charge in [0.25, 0.3) is 0 Å². The second-order valence-corrected chi connectivity index (χ2v) is 6.89. The number of carbonyl (C=O) groups is 2. The highest BCUT2D eigenvalue weighted by molar-refractivity contribution is 5.82. The first-order valence-electron chi connectivity index (χ1n) is 7.94. The lowest BCUT2D eigenvalue weighted by Gasteiger charge is -2.27. The second kappa shape index (κ2) is 7.35. The molecule has 2 unspecified atom stereocenters. The molecule has 1 aliphatic heterocycles. The Morgan fingerprint density at radius 2 is 1.92 bits per heavy atom. The van der Waals surface area contributed by atoms with Crippen LogP contribution >= 0.6 is 0 Å². The quantitative estimate of drug-likeness (QED) is 0.820. The molecule has 1 heterocycles. The number of aromatic hydroxyl groups is 1. The van der Waals surface area contributed by atoms with Crippen molar-refractivity contribution in [1.82, 2.24) is 4.90 Å². The number of halogens is 2. The van der Waals surface area contributed by atoms with E-state index in [2.05, 4.69) is 0 Å². The van der Waals surface area contributed by atoms with Crippen LogP contribution in [0.25, 0.3) is 0 Å². The molecule has 0 spiro atoms. The SMILES string of the molecule is COC(=O)C1CC(Oc2cc(O)c(F)c(F)c2)CN1C(=O)OC(C)(C)C. The van der Waals surface area contributed by atoms with E-state index < -0.39 is 47.2 Å². The summed E-state index contributed by atoms with van der Waals surface area (Å²) < 4.78 is 42.0. The molecule has 1 aliphatic rings. The number of methoxy groups -OCH3 is 1. The molecular weight excluding hydrogens is 352 g/mol. The van der Waals surface area contributed by atoms with Gasteiger partial charge in [0.05, 0.1) is 13.7 Å². The summed E-state index contributed by atoms with van der Waals surface area (Å²) in [7, 11) is 1.19. The maximum absolute atomic E-state index is 13.4. The van der Waals surface area contributed by atoms with Gasteiger partial charge < -0.3 is 19.3 Å². The molecule has 1 N–H and O–H groups in total. The van der Waals surface area contributed by atoms with E-state index in [0.717, 1.165) is 12.1 Å². The highest BCUT2D eigenvalue weighted by Gasteiger charge is 2.43. The standard InChI is InChI=1S/C17H21F2NO6/c1-17(2,3)26-16(23)20-8-10(6-12(20)15(22)24-4)25-9-5-11(18)14(19)13(21)7-9/h5,7,10,12,21H,6,8H2,1-4H3. The van der Waals surface area contributed by atoms with Gasteiger partial charge in [0.15, 0.2) is 11.6 Å². The zero-order chi connectivity index (χ0) is 19.6. The van der Waals surface area contributed by atoms with Crippen LogP contribution in [0.2, 0.25) is 0 Å². The molecule has 144 valence electrons. The van der Waals surface area contributed by atoms with Crippen LogP contribution in [-0.2, 0) is 14.3 Å². The van der Waals surface area contributed by atoms with Gasteiger partial charge in [0.2, 0.25) is 5.82 Å². The molecule has 0 bridgehead atoms. The number of hydrogen-bond donors (Lipinski definition) is 1. The van der Waals surface area contributed by atoms with E-state index in [1.54, 1.807) is 20.8 Å². The average molecular weight is 373 g/mol. The minimum atomic E-state index is -1.38. The number of phenolic OH excluding ortho intramolecular Hbond substituents is 1. The molecule has 2 rings (SSSR count). The Bertz CT molecular complexity index is 680. The molecule has 1 aromatic carbocycles. The normalized spacial score (nSPS) is 20.0. The molecule has 1 aromatic rings. The third-order valence-electron chi connectivity index (χ3n) is 3.65. The molecule has 2 atom stereocenters. The van der Waals surface area contributed by atoms with Crippen LogP contribution < -0.4 is 4.74 Å². The van der Waals surface area contributed by atoms with Gasteiger partial charge in [-0.05, 0) is 20.8 Å². The minimum absolute atomic E-state index is 0.0194. The lowest BCUT2D eigenvalue weighted by atomic mass is 10.2. The first kappa shape index (κ1) is 19.7. The Kier molecular flexibility index (Phi) is 5.58. The molecule has 1 amide bonds. The first-order chi connectivity index (χ1) is 12.0. The van der Waals surface area contributed by atoms with Crippen molar-refractivity contribution < 1.29 is 37.7 Å². The molecule has 26 heavy (non-hydrogen) atoms. The van der Waals surface area contributed by atoms with Crippen molar-refractivity contribution in [2.24, 2.45) is 0 Å². The molecule has 1 fully saturated rings. The predicted octanol–water partition coefficient (Wildman–Crippen LogP) is 2.60. The van der Waals surface area contributed by atoms with Gasteiger partial charge in [0, 0.05) is 18.6 Å². The van der Waals surface area contributed by atoms with Crippen LogP contribution in [0.3, 0.4) is 0 Å². The summed E-state index contributed by atoms with van der Waals surface area (Å²) >= 11 is 0. The lowest BCUT2D eigenvalue weighted by Crippen LogP contribution is -2.44. The fraction of sp³-hybridized carbons (Fsp3) is 0.529. The Hall–Kier alpha value is -2.58. The van der Waals surface area contributed by atoms with E-state index in [0.29, 0.717) is 0 Å². The number of nitrogens with zero attached hydrogens (tertiary/aromatic N) is 1. The van der Waals surface area contributed by atoms with Gasteiger partial charge in [-0.1, -0.05) is 0 Å². The van der Waals surface area contributed by atoms with Crippen molar-refractivity contribution in [2.45, 2.75) is 44.9 Å². The fourth-order valence-electron chi connectivity index (χ4n) is 2.58. The van der Waals surface area contributed by atoms with E-state index in [4.69, 9.17) is 14.2 Å². The molecule has 0 radical (unpaired) electrons. The van der Waals surface area contributed by atoms with E-state index in [9.17, 15) is 23.5 Å². The Balaban J connectivity index is 2.17. The lowest BCUT2D eigenvalue weighted by molar-refractivity contribution is -0.145. The largest absolute Gasteiger partial charge is 0.505 e. The monoisotopic (exact) mass is 373 g/mol. The number of rotatable bonds is 3.